The molecule has 2 aromatic rings. The van der Waals surface area contributed by atoms with Gasteiger partial charge in [-0.3, -0.25) is 4.79 Å². The molecule has 0 radical (unpaired) electrons. The largest absolute Gasteiger partial charge is 0.380 e. The first kappa shape index (κ1) is 17.1. The maximum atomic E-state index is 11.6. The zero-order valence-corrected chi connectivity index (χ0v) is 14.0. The van der Waals surface area contributed by atoms with Gasteiger partial charge >= 0.3 is 0 Å². The van der Waals surface area contributed by atoms with Crippen LogP contribution in [0.25, 0.3) is 0 Å². The molecule has 1 aliphatic heterocycles. The molecule has 8 nitrogen and oxygen atoms in total. The summed E-state index contributed by atoms with van der Waals surface area (Å²) in [5.74, 6) is 0.195. The number of ether oxygens (including phenoxy) is 1. The highest BCUT2D eigenvalue weighted by Crippen LogP contribution is 2.21. The zero-order valence-electron chi connectivity index (χ0n) is 14.0. The summed E-state index contributed by atoms with van der Waals surface area (Å²) in [6, 6.07) is 7.63. The van der Waals surface area contributed by atoms with Crippen molar-refractivity contribution in [1.82, 2.24) is 9.97 Å². The fraction of sp³-hybridized carbons (Fsp3) is 0.353. The predicted molar refractivity (Wildman–Crippen MR) is 95.8 cm³/mol. The van der Waals surface area contributed by atoms with Crippen molar-refractivity contribution in [2.75, 3.05) is 23.8 Å². The van der Waals surface area contributed by atoms with Crippen molar-refractivity contribution in [2.24, 2.45) is 11.5 Å². The Morgan fingerprint density at radius 3 is 2.76 bits per heavy atom. The van der Waals surface area contributed by atoms with Gasteiger partial charge in [-0.25, -0.2) is 9.97 Å². The lowest BCUT2D eigenvalue weighted by Gasteiger charge is -2.29. The number of carbonyl (C=O) groups is 1. The van der Waals surface area contributed by atoms with Gasteiger partial charge in [0.15, 0.2) is 11.5 Å². The van der Waals surface area contributed by atoms with Crippen LogP contribution < -0.4 is 22.1 Å². The van der Waals surface area contributed by atoms with Crippen molar-refractivity contribution in [3.05, 3.63) is 41.7 Å². The lowest BCUT2D eigenvalue weighted by atomic mass is 10.0. The average Bonchev–Trinajstić information content (AvgIpc) is 2.59. The highest BCUT2D eigenvalue weighted by atomic mass is 16.5. The van der Waals surface area contributed by atoms with E-state index in [1.165, 1.54) is 6.20 Å². The van der Waals surface area contributed by atoms with Gasteiger partial charge < -0.3 is 26.8 Å². The number of nitrogens with two attached hydrogens (primary N) is 2. The molecule has 0 unspecified atom stereocenters. The number of nitrogens with zero attached hydrogens (tertiary/aromatic N) is 2. The maximum Gasteiger partial charge on any atom is 0.271 e. The Morgan fingerprint density at radius 1 is 1.32 bits per heavy atom. The average molecular weight is 342 g/mol. The number of rotatable bonds is 5. The van der Waals surface area contributed by atoms with Crippen LogP contribution >= 0.6 is 0 Å². The second-order valence-electron chi connectivity index (χ2n) is 6.09. The molecular formula is C17H22N6O2. The second-order valence-corrected chi connectivity index (χ2v) is 6.09. The van der Waals surface area contributed by atoms with E-state index in [0.717, 1.165) is 17.7 Å². The van der Waals surface area contributed by atoms with E-state index in [9.17, 15) is 4.79 Å². The Labute approximate surface area is 146 Å². The minimum atomic E-state index is -0.642. The Bertz CT molecular complexity index is 749. The fourth-order valence-electron chi connectivity index (χ4n) is 2.63. The first-order chi connectivity index (χ1) is 12.0. The number of aryl methyl sites for hydroxylation is 1. The quantitative estimate of drug-likeness (QED) is 0.641. The lowest BCUT2D eigenvalue weighted by molar-refractivity contribution is 0.0752. The summed E-state index contributed by atoms with van der Waals surface area (Å²) < 4.78 is 5.34. The monoisotopic (exact) mass is 342 g/mol. The summed E-state index contributed by atoms with van der Waals surface area (Å²) in [6.45, 7) is 3.14. The van der Waals surface area contributed by atoms with Gasteiger partial charge in [0.05, 0.1) is 12.8 Å². The van der Waals surface area contributed by atoms with Gasteiger partial charge in [0, 0.05) is 24.4 Å². The van der Waals surface area contributed by atoms with Crippen molar-refractivity contribution in [1.29, 1.82) is 0 Å². The van der Waals surface area contributed by atoms with E-state index in [1.54, 1.807) is 0 Å². The minimum absolute atomic E-state index is 0.0368. The molecule has 1 saturated heterocycles. The van der Waals surface area contributed by atoms with E-state index in [2.05, 4.69) is 20.6 Å². The summed E-state index contributed by atoms with van der Waals surface area (Å²) >= 11 is 0. The molecule has 6 N–H and O–H groups in total. The van der Waals surface area contributed by atoms with Crippen LogP contribution in [0.2, 0.25) is 0 Å². The summed E-state index contributed by atoms with van der Waals surface area (Å²) in [6.07, 6.45) is 2.27. The molecule has 1 aliphatic rings. The topological polar surface area (TPSA) is 128 Å². The molecule has 1 amide bonds. The molecule has 3 rings (SSSR count). The molecular weight excluding hydrogens is 320 g/mol. The van der Waals surface area contributed by atoms with Crippen molar-refractivity contribution in [3.63, 3.8) is 0 Å². The van der Waals surface area contributed by atoms with Gasteiger partial charge in [0.25, 0.3) is 5.91 Å². The molecule has 2 heterocycles. The molecule has 0 spiro atoms. The van der Waals surface area contributed by atoms with Gasteiger partial charge in [-0.2, -0.15) is 0 Å². The molecule has 1 fully saturated rings. The first-order valence-corrected chi connectivity index (χ1v) is 8.13. The molecule has 2 atom stereocenters. The molecule has 1 aromatic heterocycles. The third kappa shape index (κ3) is 4.23. The maximum absolute atomic E-state index is 11.6. The van der Waals surface area contributed by atoms with Crippen LogP contribution in [0.4, 0.5) is 17.3 Å². The Hall–Kier alpha value is -2.71. The van der Waals surface area contributed by atoms with Crippen LogP contribution in [-0.4, -0.2) is 41.2 Å². The number of nitrogens with one attached hydrogen (secondary N) is 2. The molecule has 0 bridgehead atoms. The van der Waals surface area contributed by atoms with Crippen molar-refractivity contribution in [3.8, 4) is 0 Å². The Balaban J connectivity index is 1.83. The van der Waals surface area contributed by atoms with Gasteiger partial charge in [-0.15, -0.1) is 0 Å². The van der Waals surface area contributed by atoms with E-state index in [1.807, 2.05) is 31.2 Å². The van der Waals surface area contributed by atoms with Crippen LogP contribution in [0.5, 0.6) is 0 Å². The van der Waals surface area contributed by atoms with E-state index in [4.69, 9.17) is 16.2 Å². The summed E-state index contributed by atoms with van der Waals surface area (Å²) in [5, 5.41) is 6.36. The van der Waals surface area contributed by atoms with E-state index >= 15 is 0 Å². The van der Waals surface area contributed by atoms with Gasteiger partial charge in [-0.05, 0) is 25.5 Å². The number of primary amides is 1. The van der Waals surface area contributed by atoms with Crippen LogP contribution in [0.15, 0.2) is 30.5 Å². The number of benzene rings is 1. The summed E-state index contributed by atoms with van der Waals surface area (Å²) in [5.41, 5.74) is 13.5. The van der Waals surface area contributed by atoms with Crippen LogP contribution in [0, 0.1) is 6.92 Å². The third-order valence-electron chi connectivity index (χ3n) is 4.05. The van der Waals surface area contributed by atoms with Crippen molar-refractivity contribution in [2.45, 2.75) is 25.4 Å². The number of carbonyl (C=O) groups excluding carboxylic acids is 1. The van der Waals surface area contributed by atoms with Gasteiger partial charge in [0.1, 0.15) is 5.82 Å². The van der Waals surface area contributed by atoms with Crippen molar-refractivity contribution < 1.29 is 9.53 Å². The highest BCUT2D eigenvalue weighted by Gasteiger charge is 2.23. The molecule has 8 heteroatoms. The number of hydrogen-bond donors (Lipinski definition) is 4. The number of anilines is 3. The Morgan fingerprint density at radius 2 is 2.08 bits per heavy atom. The van der Waals surface area contributed by atoms with Crippen LogP contribution in [0.1, 0.15) is 22.5 Å². The standard InChI is InChI=1S/C17H22N6O2/c1-10-2-4-11(5-3-10)21-17-15(16(19)24)20-8-14(23-17)22-13-6-7-25-9-12(13)18/h2-5,8,12-13H,6-7,9,18H2,1H3,(H2,19,24)(H2,21,22,23)/t12-,13+/m0/s1. The van der Waals surface area contributed by atoms with Gasteiger partial charge in [-0.1, -0.05) is 17.7 Å². The van der Waals surface area contributed by atoms with E-state index in [0.29, 0.717) is 24.8 Å². The highest BCUT2D eigenvalue weighted by molar-refractivity contribution is 5.96. The lowest BCUT2D eigenvalue weighted by Crippen LogP contribution is -2.47. The van der Waals surface area contributed by atoms with Gasteiger partial charge in [0.2, 0.25) is 0 Å². The molecule has 0 saturated carbocycles. The minimum Gasteiger partial charge on any atom is -0.380 e. The molecule has 1 aromatic carbocycles. The number of aromatic nitrogens is 2. The molecule has 0 aliphatic carbocycles. The van der Waals surface area contributed by atoms with Crippen LogP contribution in [0.3, 0.4) is 0 Å². The number of hydrogen-bond acceptors (Lipinski definition) is 7. The zero-order chi connectivity index (χ0) is 17.8. The first-order valence-electron chi connectivity index (χ1n) is 8.13. The smallest absolute Gasteiger partial charge is 0.271 e. The summed E-state index contributed by atoms with van der Waals surface area (Å²) in [7, 11) is 0. The van der Waals surface area contributed by atoms with Crippen LogP contribution in [-0.2, 0) is 4.74 Å². The number of amides is 1. The second kappa shape index (κ2) is 7.45. The fourth-order valence-corrected chi connectivity index (χ4v) is 2.63. The van der Waals surface area contributed by atoms with E-state index in [-0.39, 0.29) is 17.8 Å². The Kier molecular flexibility index (Phi) is 5.11. The third-order valence-corrected chi connectivity index (χ3v) is 4.05. The normalized spacial score (nSPS) is 20.1. The SMILES string of the molecule is Cc1ccc(Nc2nc(N[C@@H]3CCOC[C@@H]3N)cnc2C(N)=O)cc1. The predicted octanol–water partition coefficient (Wildman–Crippen LogP) is 1.16. The van der Waals surface area contributed by atoms with E-state index < -0.39 is 5.91 Å². The summed E-state index contributed by atoms with van der Waals surface area (Å²) in [4.78, 5) is 20.2. The van der Waals surface area contributed by atoms with Crippen molar-refractivity contribution >= 4 is 23.2 Å². The molecule has 132 valence electrons. The molecule has 25 heavy (non-hydrogen) atoms.